The number of rotatable bonds is 5. The molecule has 1 aliphatic rings. The number of nitrogens with one attached hydrogen (secondary N) is 1. The van der Waals surface area contributed by atoms with Crippen LogP contribution in [0.3, 0.4) is 0 Å². The molecule has 0 spiro atoms. The Morgan fingerprint density at radius 2 is 1.82 bits per heavy atom. The van der Waals surface area contributed by atoms with Crippen LogP contribution in [0, 0.1) is 13.8 Å². The maximum atomic E-state index is 12.8. The van der Waals surface area contributed by atoms with Gasteiger partial charge in [0, 0.05) is 24.9 Å². The number of anilines is 1. The number of ether oxygens (including phenoxy) is 1. The third kappa shape index (κ3) is 3.27. The monoisotopic (exact) mass is 305 g/mol. The minimum Gasteiger partial charge on any atom is -0.497 e. The van der Waals surface area contributed by atoms with E-state index in [1.807, 2.05) is 26.0 Å². The van der Waals surface area contributed by atoms with Crippen molar-refractivity contribution in [1.82, 2.24) is 0 Å². The molecule has 1 aromatic carbocycles. The van der Waals surface area contributed by atoms with E-state index in [-0.39, 0.29) is 11.9 Å². The van der Waals surface area contributed by atoms with Crippen molar-refractivity contribution in [3.05, 3.63) is 23.3 Å². The fourth-order valence-corrected chi connectivity index (χ4v) is 3.72. The second-order valence-electron chi connectivity index (χ2n) is 6.68. The minimum absolute atomic E-state index is 0.0309. The van der Waals surface area contributed by atoms with Crippen LogP contribution in [0.4, 0.5) is 5.69 Å². The number of amides is 1. The highest BCUT2D eigenvalue weighted by Crippen LogP contribution is 2.28. The molecule has 1 fully saturated rings. The van der Waals surface area contributed by atoms with Crippen LogP contribution in [0.1, 0.15) is 37.3 Å². The Labute approximate surface area is 134 Å². The molecule has 1 unspecified atom stereocenters. The molecule has 1 atom stereocenters. The Morgan fingerprint density at radius 3 is 2.27 bits per heavy atom. The number of nitrogens with zero attached hydrogens (tertiary/aromatic N) is 1. The lowest BCUT2D eigenvalue weighted by Gasteiger charge is -2.36. The third-order valence-electron chi connectivity index (χ3n) is 5.02. The molecular weight excluding hydrogens is 276 g/mol. The number of carbonyl (C=O) groups excluding carboxylic acids is 1. The van der Waals surface area contributed by atoms with Crippen LogP contribution in [-0.4, -0.2) is 43.7 Å². The number of hydrogen-bond donors (Lipinski definition) is 1. The molecule has 1 amide bonds. The number of carbonyl (C=O) groups is 1. The highest BCUT2D eigenvalue weighted by molar-refractivity contribution is 5.95. The van der Waals surface area contributed by atoms with Crippen LogP contribution < -0.4 is 10.1 Å². The summed E-state index contributed by atoms with van der Waals surface area (Å²) in [6.07, 6.45) is 3.32. The van der Waals surface area contributed by atoms with E-state index >= 15 is 0 Å². The summed E-state index contributed by atoms with van der Waals surface area (Å²) < 4.78 is 6.16. The van der Waals surface area contributed by atoms with Gasteiger partial charge in [0.15, 0.2) is 6.04 Å². The fourth-order valence-electron chi connectivity index (χ4n) is 3.72. The van der Waals surface area contributed by atoms with Crippen LogP contribution >= 0.6 is 0 Å². The van der Waals surface area contributed by atoms with Gasteiger partial charge in [0.1, 0.15) is 5.75 Å². The molecule has 4 heteroatoms. The Bertz CT molecular complexity index is 525. The first kappa shape index (κ1) is 16.8. The van der Waals surface area contributed by atoms with Crippen molar-refractivity contribution >= 4 is 11.6 Å². The van der Waals surface area contributed by atoms with E-state index in [1.165, 1.54) is 12.8 Å². The van der Waals surface area contributed by atoms with Gasteiger partial charge in [0.25, 0.3) is 5.91 Å². The van der Waals surface area contributed by atoms with E-state index in [1.54, 1.807) is 7.11 Å². The van der Waals surface area contributed by atoms with Crippen molar-refractivity contribution in [2.24, 2.45) is 0 Å². The number of quaternary nitrogens is 1. The average Bonchev–Trinajstić information content (AvgIpc) is 2.90. The summed E-state index contributed by atoms with van der Waals surface area (Å²) in [6, 6.07) is 3.97. The van der Waals surface area contributed by atoms with Gasteiger partial charge in [-0.1, -0.05) is 6.92 Å². The Balaban J connectivity index is 2.20. The number of methoxy groups -OCH3 is 1. The lowest BCUT2D eigenvalue weighted by atomic mass is 10.1. The zero-order valence-corrected chi connectivity index (χ0v) is 14.5. The molecule has 1 heterocycles. The van der Waals surface area contributed by atoms with Crippen LogP contribution in [0.5, 0.6) is 5.75 Å². The molecular formula is C18H29N2O2+. The van der Waals surface area contributed by atoms with E-state index in [2.05, 4.69) is 19.3 Å². The minimum atomic E-state index is 0.0309. The highest BCUT2D eigenvalue weighted by atomic mass is 16.5. The molecule has 1 N–H and O–H groups in total. The average molecular weight is 305 g/mol. The van der Waals surface area contributed by atoms with Gasteiger partial charge in [-0.15, -0.1) is 0 Å². The predicted octanol–water partition coefficient (Wildman–Crippen LogP) is 3.27. The van der Waals surface area contributed by atoms with Crippen LogP contribution in [-0.2, 0) is 4.79 Å². The SMILES string of the molecule is CCC(C(=O)Nc1c(C)cc(OC)cc1C)[N+]1(C)CCCC1. The van der Waals surface area contributed by atoms with Gasteiger partial charge in [-0.25, -0.2) is 0 Å². The van der Waals surface area contributed by atoms with Gasteiger partial charge in [-0.05, 0) is 37.1 Å². The number of hydrogen-bond acceptors (Lipinski definition) is 2. The van der Waals surface area contributed by atoms with Gasteiger partial charge in [-0.2, -0.15) is 0 Å². The van der Waals surface area contributed by atoms with Crippen molar-refractivity contribution in [3.63, 3.8) is 0 Å². The maximum Gasteiger partial charge on any atom is 0.282 e. The standard InChI is InChI=1S/C18H28N2O2/c1-6-16(20(4)9-7-8-10-20)18(21)19-17-13(2)11-15(22-5)12-14(17)3/h11-12,16H,6-10H2,1-5H3/p+1. The lowest BCUT2D eigenvalue weighted by Crippen LogP contribution is -2.55. The summed E-state index contributed by atoms with van der Waals surface area (Å²) in [4.78, 5) is 12.8. The quantitative estimate of drug-likeness (QED) is 0.848. The molecule has 2 rings (SSSR count). The Morgan fingerprint density at radius 1 is 1.27 bits per heavy atom. The van der Waals surface area contributed by atoms with Crippen molar-refractivity contribution in [2.75, 3.05) is 32.6 Å². The topological polar surface area (TPSA) is 38.3 Å². The molecule has 1 aromatic rings. The van der Waals surface area contributed by atoms with Gasteiger partial charge in [0.05, 0.1) is 27.2 Å². The number of aryl methyl sites for hydroxylation is 2. The smallest absolute Gasteiger partial charge is 0.282 e. The van der Waals surface area contributed by atoms with Gasteiger partial charge >= 0.3 is 0 Å². The predicted molar refractivity (Wildman–Crippen MR) is 90.3 cm³/mol. The summed E-state index contributed by atoms with van der Waals surface area (Å²) in [7, 11) is 3.88. The van der Waals surface area contributed by atoms with Crippen LogP contribution in [0.15, 0.2) is 12.1 Å². The van der Waals surface area contributed by atoms with Crippen molar-refractivity contribution in [2.45, 2.75) is 46.1 Å². The molecule has 0 saturated carbocycles. The van der Waals surface area contributed by atoms with Crippen molar-refractivity contribution in [3.8, 4) is 5.75 Å². The molecule has 122 valence electrons. The number of likely N-dealkylation sites (tertiary alicyclic amines) is 1. The molecule has 1 aliphatic heterocycles. The number of benzene rings is 1. The van der Waals surface area contributed by atoms with E-state index < -0.39 is 0 Å². The fraction of sp³-hybridized carbons (Fsp3) is 0.611. The van der Waals surface area contributed by atoms with Gasteiger partial charge in [0.2, 0.25) is 0 Å². The molecule has 0 bridgehead atoms. The first-order chi connectivity index (χ1) is 10.4. The molecule has 4 nitrogen and oxygen atoms in total. The molecule has 0 aliphatic carbocycles. The summed E-state index contributed by atoms with van der Waals surface area (Å²) in [6.45, 7) is 8.34. The van der Waals surface area contributed by atoms with Gasteiger partial charge in [-0.3, -0.25) is 4.79 Å². The second-order valence-corrected chi connectivity index (χ2v) is 6.68. The van der Waals surface area contributed by atoms with E-state index in [0.717, 1.165) is 46.6 Å². The normalized spacial score (nSPS) is 18.0. The third-order valence-corrected chi connectivity index (χ3v) is 5.02. The van der Waals surface area contributed by atoms with Crippen molar-refractivity contribution < 1.29 is 14.0 Å². The molecule has 22 heavy (non-hydrogen) atoms. The number of likely N-dealkylation sites (N-methyl/N-ethyl adjacent to an activating group) is 1. The zero-order chi connectivity index (χ0) is 16.3. The molecule has 1 saturated heterocycles. The summed E-state index contributed by atoms with van der Waals surface area (Å²) in [5.74, 6) is 0.974. The Hall–Kier alpha value is -1.55. The highest BCUT2D eigenvalue weighted by Gasteiger charge is 2.39. The van der Waals surface area contributed by atoms with E-state index in [4.69, 9.17) is 4.74 Å². The second kappa shape index (κ2) is 6.69. The first-order valence-corrected chi connectivity index (χ1v) is 8.21. The maximum absolute atomic E-state index is 12.8. The van der Waals surface area contributed by atoms with Crippen molar-refractivity contribution in [1.29, 1.82) is 0 Å². The molecule has 0 radical (unpaired) electrons. The lowest BCUT2D eigenvalue weighted by molar-refractivity contribution is -0.913. The summed E-state index contributed by atoms with van der Waals surface area (Å²) in [5, 5.41) is 3.17. The molecule has 0 aromatic heterocycles. The largest absolute Gasteiger partial charge is 0.497 e. The van der Waals surface area contributed by atoms with Gasteiger partial charge < -0.3 is 14.5 Å². The van der Waals surface area contributed by atoms with E-state index in [0.29, 0.717) is 0 Å². The zero-order valence-electron chi connectivity index (χ0n) is 14.5. The summed E-state index contributed by atoms with van der Waals surface area (Å²) in [5.41, 5.74) is 3.02. The first-order valence-electron chi connectivity index (χ1n) is 8.21. The van der Waals surface area contributed by atoms with E-state index in [9.17, 15) is 4.79 Å². The van der Waals surface area contributed by atoms with Crippen LogP contribution in [0.25, 0.3) is 0 Å². The van der Waals surface area contributed by atoms with Crippen LogP contribution in [0.2, 0.25) is 0 Å². The Kier molecular flexibility index (Phi) is 5.12. The summed E-state index contributed by atoms with van der Waals surface area (Å²) >= 11 is 0.